The lowest BCUT2D eigenvalue weighted by Crippen LogP contribution is -1.89. The molecule has 3 aromatic heterocycles. The number of hydrogen-bond acceptors (Lipinski definition) is 5. The van der Waals surface area contributed by atoms with Crippen LogP contribution >= 0.6 is 23.1 Å². The predicted molar refractivity (Wildman–Crippen MR) is 73.8 cm³/mol. The summed E-state index contributed by atoms with van der Waals surface area (Å²) in [7, 11) is 0. The zero-order valence-corrected chi connectivity index (χ0v) is 11.3. The number of thioether (sulfide) groups is 1. The van der Waals surface area contributed by atoms with Gasteiger partial charge in [-0.15, -0.1) is 21.5 Å². The second-order valence-corrected chi connectivity index (χ2v) is 5.88. The lowest BCUT2D eigenvalue weighted by molar-refractivity contribution is 0.0702. The molecule has 0 aliphatic carbocycles. The summed E-state index contributed by atoms with van der Waals surface area (Å²) in [4.78, 5) is 12.2. The molecule has 19 heavy (non-hydrogen) atoms. The molecule has 0 atom stereocenters. The van der Waals surface area contributed by atoms with Crippen LogP contribution in [-0.2, 0) is 5.75 Å². The highest BCUT2D eigenvalue weighted by atomic mass is 32.2. The number of carboxylic acid groups (broad SMARTS) is 1. The van der Waals surface area contributed by atoms with Gasteiger partial charge in [0.1, 0.15) is 4.88 Å². The van der Waals surface area contributed by atoms with Crippen LogP contribution < -0.4 is 0 Å². The van der Waals surface area contributed by atoms with E-state index in [1.54, 1.807) is 17.8 Å². The van der Waals surface area contributed by atoms with Gasteiger partial charge in [-0.2, -0.15) is 0 Å². The minimum Gasteiger partial charge on any atom is -0.477 e. The summed E-state index contributed by atoms with van der Waals surface area (Å²) in [6.45, 7) is 0. The minimum atomic E-state index is -0.880. The minimum absolute atomic E-state index is 0.363. The Morgan fingerprint density at radius 1 is 1.32 bits per heavy atom. The molecule has 5 nitrogen and oxygen atoms in total. The first-order chi connectivity index (χ1) is 9.24. The smallest absolute Gasteiger partial charge is 0.345 e. The lowest BCUT2D eigenvalue weighted by atomic mass is 10.4. The fourth-order valence-corrected chi connectivity index (χ4v) is 3.44. The van der Waals surface area contributed by atoms with Crippen molar-refractivity contribution in [2.75, 3.05) is 0 Å². The van der Waals surface area contributed by atoms with Crippen molar-refractivity contribution >= 4 is 34.7 Å². The van der Waals surface area contributed by atoms with E-state index in [1.165, 1.54) is 11.3 Å². The Balaban J connectivity index is 1.76. The van der Waals surface area contributed by atoms with Gasteiger partial charge in [0.05, 0.1) is 0 Å². The van der Waals surface area contributed by atoms with Crippen molar-refractivity contribution < 1.29 is 9.90 Å². The Labute approximate surface area is 116 Å². The maximum absolute atomic E-state index is 10.8. The first-order valence-electron chi connectivity index (χ1n) is 5.48. The highest BCUT2D eigenvalue weighted by molar-refractivity contribution is 7.98. The predicted octanol–water partition coefficient (Wildman–Crippen LogP) is 2.78. The SMILES string of the molecule is O=C(O)c1ccc(CSc2nnc3ccccn23)s1. The number of rotatable bonds is 4. The van der Waals surface area contributed by atoms with E-state index in [1.807, 2.05) is 34.9 Å². The summed E-state index contributed by atoms with van der Waals surface area (Å²) in [5.41, 5.74) is 0.808. The van der Waals surface area contributed by atoms with Crippen LogP contribution in [-0.4, -0.2) is 25.7 Å². The van der Waals surface area contributed by atoms with Crippen molar-refractivity contribution in [2.24, 2.45) is 0 Å². The number of aromatic carboxylic acids is 1. The molecule has 0 aliphatic rings. The molecule has 0 amide bonds. The van der Waals surface area contributed by atoms with Crippen molar-refractivity contribution in [2.45, 2.75) is 10.9 Å². The van der Waals surface area contributed by atoms with E-state index < -0.39 is 5.97 Å². The van der Waals surface area contributed by atoms with Crippen LogP contribution in [0.5, 0.6) is 0 Å². The van der Waals surface area contributed by atoms with Crippen molar-refractivity contribution in [1.82, 2.24) is 14.6 Å². The number of thiophene rings is 1. The number of fused-ring (bicyclic) bond motifs is 1. The standard InChI is InChI=1S/C12H9N3O2S2/c16-11(17)9-5-4-8(19-9)7-18-12-14-13-10-3-1-2-6-15(10)12/h1-6H,7H2,(H,16,17). The highest BCUT2D eigenvalue weighted by Crippen LogP contribution is 2.26. The van der Waals surface area contributed by atoms with Crippen LogP contribution in [0.3, 0.4) is 0 Å². The number of hydrogen-bond donors (Lipinski definition) is 1. The van der Waals surface area contributed by atoms with Crippen molar-refractivity contribution in [3.63, 3.8) is 0 Å². The summed E-state index contributed by atoms with van der Waals surface area (Å²) >= 11 is 2.83. The third-order valence-electron chi connectivity index (χ3n) is 2.50. The van der Waals surface area contributed by atoms with Gasteiger partial charge in [0, 0.05) is 16.8 Å². The van der Waals surface area contributed by atoms with E-state index in [0.717, 1.165) is 15.7 Å². The summed E-state index contributed by atoms with van der Waals surface area (Å²) in [5.74, 6) is -0.192. The normalized spacial score (nSPS) is 10.9. The number of aromatic nitrogens is 3. The first kappa shape index (κ1) is 12.2. The second kappa shape index (κ2) is 5.02. The highest BCUT2D eigenvalue weighted by Gasteiger charge is 2.09. The molecule has 0 unspecified atom stereocenters. The number of nitrogens with zero attached hydrogens (tertiary/aromatic N) is 3. The molecule has 0 aromatic carbocycles. The maximum Gasteiger partial charge on any atom is 0.345 e. The monoisotopic (exact) mass is 291 g/mol. The van der Waals surface area contributed by atoms with Gasteiger partial charge < -0.3 is 5.11 Å². The molecule has 0 spiro atoms. The molecular formula is C12H9N3O2S2. The quantitative estimate of drug-likeness (QED) is 0.749. The van der Waals surface area contributed by atoms with Crippen molar-refractivity contribution in [3.05, 3.63) is 46.3 Å². The molecule has 3 aromatic rings. The molecule has 7 heteroatoms. The zero-order valence-electron chi connectivity index (χ0n) is 9.68. The summed E-state index contributed by atoms with van der Waals surface area (Å²) in [6.07, 6.45) is 1.91. The Kier molecular flexibility index (Phi) is 3.22. The fraction of sp³-hybridized carbons (Fsp3) is 0.0833. The van der Waals surface area contributed by atoms with Crippen LogP contribution in [0.4, 0.5) is 0 Å². The molecule has 0 bridgehead atoms. The van der Waals surface area contributed by atoms with Gasteiger partial charge in [0.25, 0.3) is 0 Å². The van der Waals surface area contributed by atoms with Crippen LogP contribution in [0.25, 0.3) is 5.65 Å². The summed E-state index contributed by atoms with van der Waals surface area (Å²) in [6, 6.07) is 9.20. The van der Waals surface area contributed by atoms with Gasteiger partial charge in [0.15, 0.2) is 10.8 Å². The Morgan fingerprint density at radius 2 is 2.21 bits per heavy atom. The molecule has 1 N–H and O–H groups in total. The molecule has 0 saturated heterocycles. The summed E-state index contributed by atoms with van der Waals surface area (Å²) in [5, 5.41) is 17.9. The summed E-state index contributed by atoms with van der Waals surface area (Å²) < 4.78 is 1.91. The number of carbonyl (C=O) groups is 1. The van der Waals surface area contributed by atoms with Crippen LogP contribution in [0.15, 0.2) is 41.7 Å². The zero-order chi connectivity index (χ0) is 13.2. The largest absolute Gasteiger partial charge is 0.477 e. The molecule has 3 heterocycles. The molecule has 0 fully saturated rings. The van der Waals surface area contributed by atoms with E-state index in [9.17, 15) is 4.79 Å². The number of pyridine rings is 1. The molecule has 3 rings (SSSR count). The third kappa shape index (κ3) is 2.47. The Morgan fingerprint density at radius 3 is 3.00 bits per heavy atom. The Hall–Kier alpha value is -1.86. The van der Waals surface area contributed by atoms with E-state index in [4.69, 9.17) is 5.11 Å². The molecule has 0 aliphatic heterocycles. The fourth-order valence-electron chi connectivity index (χ4n) is 1.62. The van der Waals surface area contributed by atoms with Gasteiger partial charge in [-0.1, -0.05) is 17.8 Å². The van der Waals surface area contributed by atoms with E-state index in [0.29, 0.717) is 10.6 Å². The van der Waals surface area contributed by atoms with E-state index >= 15 is 0 Å². The molecule has 0 saturated carbocycles. The average Bonchev–Trinajstić information content (AvgIpc) is 3.03. The Bertz CT molecular complexity index is 735. The van der Waals surface area contributed by atoms with Crippen LogP contribution in [0, 0.1) is 0 Å². The van der Waals surface area contributed by atoms with Gasteiger partial charge >= 0.3 is 5.97 Å². The van der Waals surface area contributed by atoms with E-state index in [-0.39, 0.29) is 0 Å². The van der Waals surface area contributed by atoms with Crippen molar-refractivity contribution in [1.29, 1.82) is 0 Å². The van der Waals surface area contributed by atoms with Gasteiger partial charge in [0.2, 0.25) is 0 Å². The molecule has 0 radical (unpaired) electrons. The first-order valence-corrected chi connectivity index (χ1v) is 7.29. The van der Waals surface area contributed by atoms with Crippen molar-refractivity contribution in [3.8, 4) is 0 Å². The topological polar surface area (TPSA) is 67.5 Å². The maximum atomic E-state index is 10.8. The lowest BCUT2D eigenvalue weighted by Gasteiger charge is -1.97. The van der Waals surface area contributed by atoms with Crippen LogP contribution in [0.2, 0.25) is 0 Å². The van der Waals surface area contributed by atoms with E-state index in [2.05, 4.69) is 10.2 Å². The number of carboxylic acids is 1. The van der Waals surface area contributed by atoms with Gasteiger partial charge in [-0.3, -0.25) is 4.40 Å². The third-order valence-corrected chi connectivity index (χ3v) is 4.75. The van der Waals surface area contributed by atoms with Gasteiger partial charge in [-0.25, -0.2) is 4.79 Å². The second-order valence-electron chi connectivity index (χ2n) is 3.77. The molecular weight excluding hydrogens is 282 g/mol. The van der Waals surface area contributed by atoms with Crippen LogP contribution in [0.1, 0.15) is 14.5 Å². The molecule has 96 valence electrons. The average molecular weight is 291 g/mol. The van der Waals surface area contributed by atoms with Gasteiger partial charge in [-0.05, 0) is 24.3 Å².